The third-order valence-electron chi connectivity index (χ3n) is 4.18. The molecule has 2 aromatic rings. The van der Waals surface area contributed by atoms with Gasteiger partial charge in [0.2, 0.25) is 5.78 Å². The fourth-order valence-corrected chi connectivity index (χ4v) is 3.09. The summed E-state index contributed by atoms with van der Waals surface area (Å²) in [6.07, 6.45) is 1.42. The number of aliphatic hydroxyl groups is 1. The minimum Gasteiger partial charge on any atom is -0.512 e. The van der Waals surface area contributed by atoms with Crippen LogP contribution in [0, 0.1) is 0 Å². The second-order valence-electron chi connectivity index (χ2n) is 6.10. The van der Waals surface area contributed by atoms with E-state index in [1.165, 1.54) is 28.1 Å². The molecule has 0 aromatic heterocycles. The molecule has 0 aliphatic heterocycles. The number of ketones is 3. The number of benzene rings is 2. The van der Waals surface area contributed by atoms with Crippen LogP contribution >= 0.6 is 0 Å². The normalized spacial score (nSPS) is 11.3. The van der Waals surface area contributed by atoms with Gasteiger partial charge in [-0.2, -0.15) is 0 Å². The number of hydrogen-bond donors (Lipinski definition) is 1. The second kappa shape index (κ2) is 8.49. The van der Waals surface area contributed by atoms with Crippen LogP contribution < -0.4 is 9.47 Å². The van der Waals surface area contributed by atoms with E-state index in [0.717, 1.165) is 11.5 Å². The number of rotatable bonds is 8. The maximum Gasteiger partial charge on any atom is 0.232 e. The zero-order chi connectivity index (χ0) is 20.1. The molecular weight excluding hydrogens is 348 g/mol. The predicted molar refractivity (Wildman–Crippen MR) is 102 cm³/mol. The zero-order valence-corrected chi connectivity index (χ0v) is 15.8. The van der Waals surface area contributed by atoms with E-state index >= 15 is 0 Å². The Hall–Kier alpha value is -3.15. The fraction of sp³-hybridized carbons (Fsp3) is 0.286. The lowest BCUT2D eigenvalue weighted by molar-refractivity contribution is -0.113. The van der Waals surface area contributed by atoms with E-state index in [9.17, 15) is 19.5 Å². The lowest BCUT2D eigenvalue weighted by Crippen LogP contribution is -2.16. The molecule has 0 amide bonds. The smallest absolute Gasteiger partial charge is 0.232 e. The van der Waals surface area contributed by atoms with Gasteiger partial charge in [-0.1, -0.05) is 24.3 Å². The van der Waals surface area contributed by atoms with Crippen molar-refractivity contribution < 1.29 is 29.0 Å². The van der Waals surface area contributed by atoms with Gasteiger partial charge in [0.25, 0.3) is 0 Å². The Morgan fingerprint density at radius 2 is 1.56 bits per heavy atom. The Kier molecular flexibility index (Phi) is 6.34. The maximum atomic E-state index is 12.7. The molecule has 0 spiro atoms. The number of allylic oxidation sites excluding steroid dienone is 2. The van der Waals surface area contributed by atoms with E-state index in [1.54, 1.807) is 12.1 Å². The summed E-state index contributed by atoms with van der Waals surface area (Å²) in [5.74, 6) is -0.993. The molecule has 2 aromatic carbocycles. The van der Waals surface area contributed by atoms with E-state index in [2.05, 4.69) is 0 Å². The molecule has 0 atom stereocenters. The highest BCUT2D eigenvalue weighted by atomic mass is 16.5. The lowest BCUT2D eigenvalue weighted by Gasteiger charge is -2.19. The van der Waals surface area contributed by atoms with Crippen molar-refractivity contribution in [3.05, 3.63) is 47.2 Å². The SMILES string of the molecule is COc1c(CC/C(O)=C/C(C)=O)c(C(=O)C(C)=O)c(OC)c2ccccc12. The van der Waals surface area contributed by atoms with E-state index in [1.807, 2.05) is 12.1 Å². The van der Waals surface area contributed by atoms with Crippen LogP contribution in [0.5, 0.6) is 11.5 Å². The van der Waals surface area contributed by atoms with Crippen molar-refractivity contribution in [1.29, 1.82) is 0 Å². The molecular formula is C21H22O6. The van der Waals surface area contributed by atoms with Gasteiger partial charge in [-0.25, -0.2) is 0 Å². The summed E-state index contributed by atoms with van der Waals surface area (Å²) in [6.45, 7) is 2.53. The van der Waals surface area contributed by atoms with Crippen LogP contribution in [0.25, 0.3) is 10.8 Å². The summed E-state index contributed by atoms with van der Waals surface area (Å²) in [7, 11) is 2.91. The van der Waals surface area contributed by atoms with Crippen molar-refractivity contribution in [2.45, 2.75) is 26.7 Å². The first-order valence-corrected chi connectivity index (χ1v) is 8.42. The first-order valence-electron chi connectivity index (χ1n) is 8.42. The van der Waals surface area contributed by atoms with Crippen molar-refractivity contribution in [3.63, 3.8) is 0 Å². The van der Waals surface area contributed by atoms with Crippen LogP contribution in [-0.2, 0) is 16.0 Å². The van der Waals surface area contributed by atoms with Gasteiger partial charge in [0.15, 0.2) is 11.6 Å². The highest BCUT2D eigenvalue weighted by Crippen LogP contribution is 2.41. The molecule has 1 N–H and O–H groups in total. The molecule has 0 aliphatic rings. The Morgan fingerprint density at radius 1 is 1.00 bits per heavy atom. The number of hydrogen-bond acceptors (Lipinski definition) is 6. The quantitative estimate of drug-likeness (QED) is 0.330. The van der Waals surface area contributed by atoms with E-state index in [4.69, 9.17) is 9.47 Å². The van der Waals surface area contributed by atoms with Gasteiger partial charge < -0.3 is 14.6 Å². The number of Topliss-reactive ketones (excluding diaryl/α,β-unsaturated/α-hetero) is 2. The average molecular weight is 370 g/mol. The van der Waals surface area contributed by atoms with Crippen molar-refractivity contribution in [2.75, 3.05) is 14.2 Å². The molecule has 0 bridgehead atoms. The van der Waals surface area contributed by atoms with Crippen LogP contribution in [0.4, 0.5) is 0 Å². The van der Waals surface area contributed by atoms with Crippen LogP contribution in [0.3, 0.4) is 0 Å². The molecule has 6 heteroatoms. The molecule has 0 saturated carbocycles. The molecule has 0 aliphatic carbocycles. The fourth-order valence-electron chi connectivity index (χ4n) is 3.09. The predicted octanol–water partition coefficient (Wildman–Crippen LogP) is 3.59. The second-order valence-corrected chi connectivity index (χ2v) is 6.10. The van der Waals surface area contributed by atoms with Gasteiger partial charge in [-0.3, -0.25) is 14.4 Å². The van der Waals surface area contributed by atoms with Crippen molar-refractivity contribution >= 4 is 28.1 Å². The average Bonchev–Trinajstić information content (AvgIpc) is 2.63. The highest BCUT2D eigenvalue weighted by molar-refractivity contribution is 6.44. The van der Waals surface area contributed by atoms with Gasteiger partial charge in [-0.15, -0.1) is 0 Å². The molecule has 0 heterocycles. The summed E-state index contributed by atoms with van der Waals surface area (Å²) in [5, 5.41) is 11.3. The Bertz CT molecular complexity index is 939. The monoisotopic (exact) mass is 370 g/mol. The zero-order valence-electron chi connectivity index (χ0n) is 15.8. The molecule has 2 rings (SSSR count). The van der Waals surface area contributed by atoms with Gasteiger partial charge in [-0.05, 0) is 13.3 Å². The van der Waals surface area contributed by atoms with Crippen LogP contribution in [0.2, 0.25) is 0 Å². The summed E-state index contributed by atoms with van der Waals surface area (Å²) in [6, 6.07) is 7.24. The minimum atomic E-state index is -0.694. The largest absolute Gasteiger partial charge is 0.512 e. The van der Waals surface area contributed by atoms with Gasteiger partial charge in [0.05, 0.1) is 25.5 Å². The number of fused-ring (bicyclic) bond motifs is 1. The van der Waals surface area contributed by atoms with E-state index in [-0.39, 0.29) is 35.7 Å². The summed E-state index contributed by atoms with van der Waals surface area (Å²) < 4.78 is 11.0. The number of methoxy groups -OCH3 is 2. The first-order chi connectivity index (χ1) is 12.8. The van der Waals surface area contributed by atoms with Crippen LogP contribution in [-0.4, -0.2) is 36.7 Å². The van der Waals surface area contributed by atoms with E-state index < -0.39 is 11.6 Å². The topological polar surface area (TPSA) is 89.9 Å². The number of carbonyl (C=O) groups is 3. The molecule has 0 saturated heterocycles. The molecule has 0 fully saturated rings. The number of aliphatic hydroxyl groups excluding tert-OH is 1. The van der Waals surface area contributed by atoms with Gasteiger partial charge in [0.1, 0.15) is 11.5 Å². The first kappa shape index (κ1) is 20.2. The number of carbonyl (C=O) groups excluding carboxylic acids is 3. The third-order valence-corrected chi connectivity index (χ3v) is 4.18. The minimum absolute atomic E-state index is 0.107. The standard InChI is InChI=1S/C21H22O6/c1-12(22)11-14(24)9-10-17-18(19(25)13(2)23)21(27-4)16-8-6-5-7-15(16)20(17)26-3/h5-8,11,24H,9-10H2,1-4H3/b14-11-. The van der Waals surface area contributed by atoms with Crippen LogP contribution in [0.1, 0.15) is 36.2 Å². The van der Waals surface area contributed by atoms with E-state index in [0.29, 0.717) is 16.7 Å². The maximum absolute atomic E-state index is 12.7. The molecule has 0 radical (unpaired) electrons. The highest BCUT2D eigenvalue weighted by Gasteiger charge is 2.27. The van der Waals surface area contributed by atoms with Gasteiger partial charge in [0, 0.05) is 35.8 Å². The van der Waals surface area contributed by atoms with Crippen molar-refractivity contribution in [3.8, 4) is 11.5 Å². The Labute approximate surface area is 157 Å². The molecule has 27 heavy (non-hydrogen) atoms. The van der Waals surface area contributed by atoms with Gasteiger partial charge >= 0.3 is 0 Å². The number of ether oxygens (including phenoxy) is 2. The third kappa shape index (κ3) is 4.16. The Balaban J connectivity index is 2.77. The Morgan fingerprint density at radius 3 is 2.04 bits per heavy atom. The van der Waals surface area contributed by atoms with Crippen LogP contribution in [0.15, 0.2) is 36.1 Å². The molecule has 6 nitrogen and oxygen atoms in total. The molecule has 0 unspecified atom stereocenters. The summed E-state index contributed by atoms with van der Waals surface area (Å²) in [5.41, 5.74) is 0.577. The van der Waals surface area contributed by atoms with Crippen molar-refractivity contribution in [2.24, 2.45) is 0 Å². The van der Waals surface area contributed by atoms with Crippen molar-refractivity contribution in [1.82, 2.24) is 0 Å². The summed E-state index contributed by atoms with van der Waals surface area (Å²) >= 11 is 0. The lowest BCUT2D eigenvalue weighted by atomic mass is 9.91. The molecule has 142 valence electrons. The summed E-state index contributed by atoms with van der Waals surface area (Å²) in [4.78, 5) is 35.6.